The lowest BCUT2D eigenvalue weighted by Gasteiger charge is -2.23. The second kappa shape index (κ2) is 7.08. The minimum absolute atomic E-state index is 0.0738. The van der Waals surface area contributed by atoms with Crippen LogP contribution in [0, 0.1) is 0 Å². The molecule has 0 radical (unpaired) electrons. The largest absolute Gasteiger partial charge is 0.416 e. The van der Waals surface area contributed by atoms with E-state index in [-0.39, 0.29) is 18.0 Å². The summed E-state index contributed by atoms with van der Waals surface area (Å²) in [4.78, 5) is 14.2. The summed E-state index contributed by atoms with van der Waals surface area (Å²) < 4.78 is 39.3. The third-order valence-electron chi connectivity index (χ3n) is 3.40. The maximum atomic E-state index is 13.1. The van der Waals surface area contributed by atoms with Gasteiger partial charge in [0.25, 0.3) is 0 Å². The van der Waals surface area contributed by atoms with E-state index in [2.05, 4.69) is 0 Å². The zero-order valence-corrected chi connectivity index (χ0v) is 13.5. The van der Waals surface area contributed by atoms with E-state index in [1.54, 1.807) is 24.3 Å². The Morgan fingerprint density at radius 1 is 1.13 bits per heavy atom. The third-order valence-corrected chi connectivity index (χ3v) is 4.12. The Hall–Kier alpha value is -1.95. The maximum absolute atomic E-state index is 13.1. The molecule has 0 unspecified atom stereocenters. The van der Waals surface area contributed by atoms with Gasteiger partial charge in [-0.05, 0) is 36.1 Å². The highest BCUT2D eigenvalue weighted by Gasteiger charge is 2.33. The van der Waals surface area contributed by atoms with E-state index in [0.29, 0.717) is 5.69 Å². The number of hydrogen-bond acceptors (Lipinski definition) is 2. The van der Waals surface area contributed by atoms with Crippen LogP contribution in [0.25, 0.3) is 0 Å². The van der Waals surface area contributed by atoms with Crippen LogP contribution in [-0.4, -0.2) is 12.2 Å². The second-order valence-electron chi connectivity index (χ2n) is 4.96. The fraction of sp³-hybridized carbons (Fsp3) is 0.235. The molecule has 0 aliphatic rings. The fourth-order valence-corrected chi connectivity index (χ4v) is 2.72. The molecule has 0 bridgehead atoms. The molecule has 2 aromatic rings. The normalized spacial score (nSPS) is 11.3. The van der Waals surface area contributed by atoms with Crippen LogP contribution < -0.4 is 4.90 Å². The number of anilines is 1. The van der Waals surface area contributed by atoms with Gasteiger partial charge in [-0.25, -0.2) is 0 Å². The Kier molecular flexibility index (Phi) is 5.36. The Bertz CT molecular complexity index is 700. The van der Waals surface area contributed by atoms with Crippen molar-refractivity contribution < 1.29 is 18.0 Å². The summed E-state index contributed by atoms with van der Waals surface area (Å²) in [6, 6.07) is 12.5. The van der Waals surface area contributed by atoms with E-state index in [1.165, 1.54) is 35.7 Å². The van der Waals surface area contributed by atoms with Gasteiger partial charge >= 0.3 is 6.18 Å². The average molecular weight is 339 g/mol. The van der Waals surface area contributed by atoms with E-state index in [1.807, 2.05) is 12.3 Å². The van der Waals surface area contributed by atoms with Crippen LogP contribution in [0.5, 0.6) is 0 Å². The molecule has 122 valence electrons. The molecule has 0 aromatic heterocycles. The number of rotatable bonds is 4. The van der Waals surface area contributed by atoms with Crippen molar-refractivity contribution in [3.8, 4) is 0 Å². The van der Waals surface area contributed by atoms with Gasteiger partial charge < -0.3 is 4.90 Å². The molecule has 2 rings (SSSR count). The monoisotopic (exact) mass is 339 g/mol. The number of carbonyl (C=O) groups excluding carboxylic acids is 1. The Labute approximate surface area is 137 Å². The molecule has 2 aromatic carbocycles. The summed E-state index contributed by atoms with van der Waals surface area (Å²) in [5.41, 5.74) is -0.0571. The summed E-state index contributed by atoms with van der Waals surface area (Å²) in [5.74, 6) is -0.305. The molecule has 0 saturated carbocycles. The Balaban J connectivity index is 2.40. The van der Waals surface area contributed by atoms with Crippen LogP contribution in [0.2, 0.25) is 0 Å². The molecule has 23 heavy (non-hydrogen) atoms. The van der Waals surface area contributed by atoms with Crippen LogP contribution in [0.4, 0.5) is 18.9 Å². The second-order valence-corrected chi connectivity index (χ2v) is 5.84. The molecule has 0 N–H and O–H groups in total. The first-order valence-electron chi connectivity index (χ1n) is 6.90. The quantitative estimate of drug-likeness (QED) is 0.732. The number of alkyl halides is 3. The van der Waals surface area contributed by atoms with Crippen LogP contribution in [0.1, 0.15) is 18.1 Å². The number of benzene rings is 2. The number of carbonyl (C=O) groups is 1. The summed E-state index contributed by atoms with van der Waals surface area (Å²) >= 11 is 1.51. The lowest BCUT2D eigenvalue weighted by Crippen LogP contribution is -2.29. The number of nitrogens with zero attached hydrogens (tertiary/aromatic N) is 1. The molecular weight excluding hydrogens is 323 g/mol. The minimum Gasteiger partial charge on any atom is -0.308 e. The van der Waals surface area contributed by atoms with Crippen LogP contribution in [0.15, 0.2) is 53.4 Å². The van der Waals surface area contributed by atoms with Crippen molar-refractivity contribution >= 4 is 23.4 Å². The van der Waals surface area contributed by atoms with Gasteiger partial charge in [-0.1, -0.05) is 24.3 Å². The highest BCUT2D eigenvalue weighted by molar-refractivity contribution is 7.98. The highest BCUT2D eigenvalue weighted by atomic mass is 32.2. The number of thioether (sulfide) groups is 1. The van der Waals surface area contributed by atoms with Gasteiger partial charge in [-0.2, -0.15) is 13.2 Å². The first kappa shape index (κ1) is 17.4. The molecular formula is C17H16F3NOS. The summed E-state index contributed by atoms with van der Waals surface area (Å²) in [7, 11) is 0. The van der Waals surface area contributed by atoms with E-state index in [9.17, 15) is 18.0 Å². The van der Waals surface area contributed by atoms with E-state index < -0.39 is 11.7 Å². The van der Waals surface area contributed by atoms with E-state index in [4.69, 9.17) is 0 Å². The van der Waals surface area contributed by atoms with Gasteiger partial charge in [0.2, 0.25) is 5.91 Å². The molecule has 0 saturated heterocycles. The number of amides is 1. The molecule has 0 heterocycles. The van der Waals surface area contributed by atoms with Gasteiger partial charge in [0.1, 0.15) is 0 Å². The minimum atomic E-state index is -4.44. The molecule has 2 nitrogen and oxygen atoms in total. The predicted octanol–water partition coefficient (Wildman–Crippen LogP) is 4.98. The van der Waals surface area contributed by atoms with Gasteiger partial charge in [0, 0.05) is 17.5 Å². The third kappa shape index (κ3) is 4.28. The van der Waals surface area contributed by atoms with Crippen molar-refractivity contribution in [3.63, 3.8) is 0 Å². The van der Waals surface area contributed by atoms with Crippen molar-refractivity contribution in [2.45, 2.75) is 24.5 Å². The van der Waals surface area contributed by atoms with Crippen LogP contribution >= 0.6 is 11.8 Å². The molecule has 1 amide bonds. The average Bonchev–Trinajstić information content (AvgIpc) is 2.51. The smallest absolute Gasteiger partial charge is 0.308 e. The summed E-state index contributed by atoms with van der Waals surface area (Å²) in [6.07, 6.45) is -2.55. The Morgan fingerprint density at radius 2 is 1.83 bits per heavy atom. The Morgan fingerprint density at radius 3 is 2.43 bits per heavy atom. The number of hydrogen-bond donors (Lipinski definition) is 0. The highest BCUT2D eigenvalue weighted by Crippen LogP contribution is 2.33. The van der Waals surface area contributed by atoms with Crippen LogP contribution in [0.3, 0.4) is 0 Å². The standard InChI is InChI=1S/C17H16F3NOS/c1-12(22)21(14-7-5-8-15(10-14)23-2)11-13-6-3-4-9-16(13)17(18,19)20/h3-10H,11H2,1-2H3. The summed E-state index contributed by atoms with van der Waals surface area (Å²) in [6.45, 7) is 1.23. The van der Waals surface area contributed by atoms with Crippen molar-refractivity contribution in [1.82, 2.24) is 0 Å². The molecule has 0 spiro atoms. The zero-order chi connectivity index (χ0) is 17.0. The topological polar surface area (TPSA) is 20.3 Å². The lowest BCUT2D eigenvalue weighted by atomic mass is 10.1. The predicted molar refractivity (Wildman–Crippen MR) is 86.5 cm³/mol. The zero-order valence-electron chi connectivity index (χ0n) is 12.7. The van der Waals surface area contributed by atoms with Gasteiger partial charge in [-0.15, -0.1) is 11.8 Å². The van der Waals surface area contributed by atoms with Crippen LogP contribution in [-0.2, 0) is 17.5 Å². The summed E-state index contributed by atoms with van der Waals surface area (Å²) in [5, 5.41) is 0. The SMILES string of the molecule is CSc1cccc(N(Cc2ccccc2C(F)(F)F)C(C)=O)c1. The molecule has 6 heteroatoms. The fourth-order valence-electron chi connectivity index (χ4n) is 2.27. The molecule has 0 aliphatic heterocycles. The maximum Gasteiger partial charge on any atom is 0.416 e. The van der Waals surface area contributed by atoms with E-state index in [0.717, 1.165) is 11.0 Å². The van der Waals surface area contributed by atoms with Crippen molar-refractivity contribution in [1.29, 1.82) is 0 Å². The van der Waals surface area contributed by atoms with E-state index >= 15 is 0 Å². The van der Waals surface area contributed by atoms with Gasteiger partial charge in [-0.3, -0.25) is 4.79 Å². The first-order valence-corrected chi connectivity index (χ1v) is 8.12. The van der Waals surface area contributed by atoms with Gasteiger partial charge in [0.05, 0.1) is 12.1 Å². The molecule has 0 fully saturated rings. The van der Waals surface area contributed by atoms with Crippen molar-refractivity contribution in [2.24, 2.45) is 0 Å². The molecule has 0 atom stereocenters. The van der Waals surface area contributed by atoms with Crippen molar-refractivity contribution in [3.05, 3.63) is 59.7 Å². The lowest BCUT2D eigenvalue weighted by molar-refractivity contribution is -0.138. The number of halogens is 3. The molecule has 0 aliphatic carbocycles. The van der Waals surface area contributed by atoms with Crippen molar-refractivity contribution in [2.75, 3.05) is 11.2 Å². The first-order chi connectivity index (χ1) is 10.8. The van der Waals surface area contributed by atoms with Gasteiger partial charge in [0.15, 0.2) is 0 Å².